The SMILES string of the molecule is CN1C(=O)OCCC1CCCc1ccccc1. The molecule has 1 aromatic carbocycles. The Hall–Kier alpha value is -1.51. The molecule has 0 aliphatic carbocycles. The Balaban J connectivity index is 1.76. The van der Waals surface area contributed by atoms with E-state index in [4.69, 9.17) is 4.74 Å². The van der Waals surface area contributed by atoms with Crippen molar-refractivity contribution in [1.29, 1.82) is 0 Å². The summed E-state index contributed by atoms with van der Waals surface area (Å²) in [6.45, 7) is 0.569. The minimum absolute atomic E-state index is 0.180. The van der Waals surface area contributed by atoms with Crippen LogP contribution in [-0.2, 0) is 11.2 Å². The van der Waals surface area contributed by atoms with E-state index >= 15 is 0 Å². The van der Waals surface area contributed by atoms with Crippen molar-refractivity contribution in [2.24, 2.45) is 0 Å². The number of ether oxygens (including phenoxy) is 1. The maximum absolute atomic E-state index is 11.3. The number of benzene rings is 1. The molecule has 1 saturated heterocycles. The van der Waals surface area contributed by atoms with Crippen molar-refractivity contribution in [2.45, 2.75) is 31.7 Å². The molecule has 1 aliphatic heterocycles. The lowest BCUT2D eigenvalue weighted by molar-refractivity contribution is 0.0534. The second-order valence-corrected chi connectivity index (χ2v) is 4.55. The van der Waals surface area contributed by atoms with Gasteiger partial charge in [0.15, 0.2) is 0 Å². The van der Waals surface area contributed by atoms with Gasteiger partial charge in [-0.15, -0.1) is 0 Å². The van der Waals surface area contributed by atoms with Crippen molar-refractivity contribution in [2.75, 3.05) is 13.7 Å². The van der Waals surface area contributed by atoms with Crippen LogP contribution in [0, 0.1) is 0 Å². The van der Waals surface area contributed by atoms with Crippen molar-refractivity contribution in [3.63, 3.8) is 0 Å². The lowest BCUT2D eigenvalue weighted by Gasteiger charge is -2.31. The molecular weight excluding hydrogens is 214 g/mol. The van der Waals surface area contributed by atoms with Crippen molar-refractivity contribution in [3.8, 4) is 0 Å². The maximum atomic E-state index is 11.3. The normalized spacial score (nSPS) is 20.2. The predicted octanol–water partition coefficient (Wildman–Crippen LogP) is 2.85. The number of carbonyl (C=O) groups excluding carboxylic acids is 1. The van der Waals surface area contributed by atoms with Gasteiger partial charge in [0, 0.05) is 19.5 Å². The Morgan fingerprint density at radius 1 is 1.35 bits per heavy atom. The molecule has 1 amide bonds. The van der Waals surface area contributed by atoms with E-state index in [0.29, 0.717) is 12.6 Å². The number of carbonyl (C=O) groups is 1. The summed E-state index contributed by atoms with van der Waals surface area (Å²) >= 11 is 0. The Labute approximate surface area is 102 Å². The highest BCUT2D eigenvalue weighted by Crippen LogP contribution is 2.17. The molecule has 1 aromatic rings. The average Bonchev–Trinajstić information content (AvgIpc) is 2.36. The molecule has 17 heavy (non-hydrogen) atoms. The third-order valence-electron chi connectivity index (χ3n) is 3.36. The number of hydrogen-bond acceptors (Lipinski definition) is 2. The quantitative estimate of drug-likeness (QED) is 0.800. The zero-order chi connectivity index (χ0) is 12.1. The van der Waals surface area contributed by atoms with Crippen molar-refractivity contribution >= 4 is 6.09 Å². The van der Waals surface area contributed by atoms with Crippen LogP contribution in [-0.4, -0.2) is 30.7 Å². The zero-order valence-corrected chi connectivity index (χ0v) is 10.3. The molecule has 3 heteroatoms. The lowest BCUT2D eigenvalue weighted by Crippen LogP contribution is -2.42. The smallest absolute Gasteiger partial charge is 0.409 e. The van der Waals surface area contributed by atoms with Gasteiger partial charge in [-0.3, -0.25) is 0 Å². The fraction of sp³-hybridized carbons (Fsp3) is 0.500. The number of nitrogens with zero attached hydrogens (tertiary/aromatic N) is 1. The van der Waals surface area contributed by atoms with Gasteiger partial charge < -0.3 is 9.64 Å². The summed E-state index contributed by atoms with van der Waals surface area (Å²) in [6, 6.07) is 10.8. The molecule has 92 valence electrons. The van der Waals surface area contributed by atoms with Gasteiger partial charge >= 0.3 is 6.09 Å². The summed E-state index contributed by atoms with van der Waals surface area (Å²) in [4.78, 5) is 13.1. The van der Waals surface area contributed by atoms with E-state index in [-0.39, 0.29) is 6.09 Å². The van der Waals surface area contributed by atoms with Crippen LogP contribution in [0.1, 0.15) is 24.8 Å². The van der Waals surface area contributed by atoms with E-state index < -0.39 is 0 Å². The number of amides is 1. The first-order valence-electron chi connectivity index (χ1n) is 6.21. The largest absolute Gasteiger partial charge is 0.449 e. The fourth-order valence-electron chi connectivity index (χ4n) is 2.25. The lowest BCUT2D eigenvalue weighted by atomic mass is 10.0. The first-order chi connectivity index (χ1) is 8.27. The van der Waals surface area contributed by atoms with Crippen molar-refractivity contribution in [1.82, 2.24) is 4.90 Å². The van der Waals surface area contributed by atoms with Gasteiger partial charge in [-0.25, -0.2) is 4.79 Å². The van der Waals surface area contributed by atoms with E-state index in [1.807, 2.05) is 13.1 Å². The molecule has 1 atom stereocenters. The van der Waals surface area contributed by atoms with Crippen molar-refractivity contribution in [3.05, 3.63) is 35.9 Å². The van der Waals surface area contributed by atoms with Crippen LogP contribution in [0.5, 0.6) is 0 Å². The summed E-state index contributed by atoms with van der Waals surface area (Å²) < 4.78 is 4.97. The molecule has 0 saturated carbocycles. The molecule has 1 fully saturated rings. The molecule has 0 N–H and O–H groups in total. The molecule has 2 rings (SSSR count). The highest BCUT2D eigenvalue weighted by molar-refractivity contribution is 5.68. The Morgan fingerprint density at radius 3 is 2.88 bits per heavy atom. The van der Waals surface area contributed by atoms with Gasteiger partial charge in [-0.1, -0.05) is 30.3 Å². The second kappa shape index (κ2) is 5.71. The number of cyclic esters (lactones) is 1. The summed E-state index contributed by atoms with van der Waals surface area (Å²) in [7, 11) is 1.83. The Morgan fingerprint density at radius 2 is 2.12 bits per heavy atom. The van der Waals surface area contributed by atoms with Gasteiger partial charge in [-0.05, 0) is 24.8 Å². The predicted molar refractivity (Wildman–Crippen MR) is 66.9 cm³/mol. The molecule has 0 aromatic heterocycles. The van der Waals surface area contributed by atoms with Crippen LogP contribution in [0.25, 0.3) is 0 Å². The van der Waals surface area contributed by atoms with Crippen LogP contribution in [0.2, 0.25) is 0 Å². The minimum Gasteiger partial charge on any atom is -0.449 e. The molecule has 1 aliphatic rings. The molecule has 0 spiro atoms. The van der Waals surface area contributed by atoms with Crippen LogP contribution in [0.4, 0.5) is 4.79 Å². The van der Waals surface area contributed by atoms with E-state index in [1.165, 1.54) is 5.56 Å². The van der Waals surface area contributed by atoms with Gasteiger partial charge in [0.25, 0.3) is 0 Å². The second-order valence-electron chi connectivity index (χ2n) is 4.55. The molecule has 0 radical (unpaired) electrons. The van der Waals surface area contributed by atoms with Gasteiger partial charge in [0.2, 0.25) is 0 Å². The number of rotatable bonds is 4. The Bertz CT molecular complexity index is 364. The summed E-state index contributed by atoms with van der Waals surface area (Å²) in [5.74, 6) is 0. The average molecular weight is 233 g/mol. The Kier molecular flexibility index (Phi) is 4.02. The molecule has 1 heterocycles. The van der Waals surface area contributed by atoms with Crippen LogP contribution in [0.3, 0.4) is 0 Å². The molecule has 3 nitrogen and oxygen atoms in total. The van der Waals surface area contributed by atoms with E-state index in [1.54, 1.807) is 4.90 Å². The summed E-state index contributed by atoms with van der Waals surface area (Å²) in [6.07, 6.45) is 4.03. The third-order valence-corrected chi connectivity index (χ3v) is 3.36. The highest BCUT2D eigenvalue weighted by Gasteiger charge is 2.25. The first-order valence-corrected chi connectivity index (χ1v) is 6.21. The number of hydrogen-bond donors (Lipinski definition) is 0. The van der Waals surface area contributed by atoms with Crippen molar-refractivity contribution < 1.29 is 9.53 Å². The van der Waals surface area contributed by atoms with Gasteiger partial charge in [0.05, 0.1) is 6.61 Å². The van der Waals surface area contributed by atoms with Crippen LogP contribution >= 0.6 is 0 Å². The molecular formula is C14H19NO2. The molecule has 0 bridgehead atoms. The number of aryl methyl sites for hydroxylation is 1. The van der Waals surface area contributed by atoms with E-state index in [0.717, 1.165) is 25.7 Å². The highest BCUT2D eigenvalue weighted by atomic mass is 16.6. The maximum Gasteiger partial charge on any atom is 0.409 e. The standard InChI is InChI=1S/C14H19NO2/c1-15-13(10-11-17-14(15)16)9-5-8-12-6-3-2-4-7-12/h2-4,6-7,13H,5,8-11H2,1H3. The van der Waals surface area contributed by atoms with E-state index in [9.17, 15) is 4.79 Å². The van der Waals surface area contributed by atoms with Crippen LogP contribution in [0.15, 0.2) is 30.3 Å². The summed E-state index contributed by atoms with van der Waals surface area (Å²) in [5.41, 5.74) is 1.37. The minimum atomic E-state index is -0.180. The van der Waals surface area contributed by atoms with E-state index in [2.05, 4.69) is 24.3 Å². The molecule has 1 unspecified atom stereocenters. The van der Waals surface area contributed by atoms with Gasteiger partial charge in [0.1, 0.15) is 0 Å². The topological polar surface area (TPSA) is 29.5 Å². The fourth-order valence-corrected chi connectivity index (χ4v) is 2.25. The monoisotopic (exact) mass is 233 g/mol. The summed E-state index contributed by atoms with van der Waals surface area (Å²) in [5, 5.41) is 0. The third kappa shape index (κ3) is 3.22. The zero-order valence-electron chi connectivity index (χ0n) is 10.3. The first kappa shape index (κ1) is 12.0. The van der Waals surface area contributed by atoms with Crippen LogP contribution < -0.4 is 0 Å². The van der Waals surface area contributed by atoms with Gasteiger partial charge in [-0.2, -0.15) is 0 Å².